The molecule has 0 bridgehead atoms. The lowest BCUT2D eigenvalue weighted by Crippen LogP contribution is -2.29. The largest absolute Gasteiger partial charge is 0.299 e. The summed E-state index contributed by atoms with van der Waals surface area (Å²) in [5.74, 6) is 0.164. The van der Waals surface area contributed by atoms with Gasteiger partial charge in [-0.15, -0.1) is 0 Å². The third-order valence-electron chi connectivity index (χ3n) is 6.61. The lowest BCUT2D eigenvalue weighted by molar-refractivity contribution is -0.117. The zero-order chi connectivity index (χ0) is 26.7. The molecule has 4 aromatic carbocycles. The highest BCUT2D eigenvalue weighted by Gasteiger charge is 2.22. The molecule has 1 fully saturated rings. The minimum absolute atomic E-state index is 0.164. The van der Waals surface area contributed by atoms with Gasteiger partial charge in [-0.05, 0) is 22.3 Å². The SMILES string of the molecule is O=C1C/C(=N\N(Cc2ccccc2)Cc2ccccc2)C/C(=N\N(Cc2ccccc2)Cc2ccccc2)C1. The van der Waals surface area contributed by atoms with Gasteiger partial charge >= 0.3 is 0 Å². The van der Waals surface area contributed by atoms with Crippen molar-refractivity contribution >= 4 is 17.2 Å². The Morgan fingerprint density at radius 3 is 1.00 bits per heavy atom. The number of hydrazone groups is 2. The molecule has 39 heavy (non-hydrogen) atoms. The van der Waals surface area contributed by atoms with Crippen molar-refractivity contribution in [3.8, 4) is 0 Å². The lowest BCUT2D eigenvalue weighted by Gasteiger charge is -2.25. The number of carbonyl (C=O) groups is 1. The van der Waals surface area contributed by atoms with Crippen LogP contribution in [-0.4, -0.2) is 27.2 Å². The predicted molar refractivity (Wildman–Crippen MR) is 158 cm³/mol. The van der Waals surface area contributed by atoms with Crippen LogP contribution in [0.3, 0.4) is 0 Å². The van der Waals surface area contributed by atoms with Gasteiger partial charge < -0.3 is 0 Å². The molecule has 196 valence electrons. The third kappa shape index (κ3) is 8.24. The van der Waals surface area contributed by atoms with Crippen LogP contribution in [0, 0.1) is 0 Å². The number of rotatable bonds is 10. The van der Waals surface area contributed by atoms with Gasteiger partial charge in [0.25, 0.3) is 0 Å². The molecule has 0 aliphatic heterocycles. The van der Waals surface area contributed by atoms with Crippen molar-refractivity contribution < 1.29 is 4.79 Å². The van der Waals surface area contributed by atoms with Crippen molar-refractivity contribution in [1.29, 1.82) is 0 Å². The summed E-state index contributed by atoms with van der Waals surface area (Å²) in [6.07, 6.45) is 1.35. The average molecular weight is 515 g/mol. The van der Waals surface area contributed by atoms with E-state index >= 15 is 0 Å². The van der Waals surface area contributed by atoms with Crippen molar-refractivity contribution in [2.75, 3.05) is 0 Å². The van der Waals surface area contributed by atoms with E-state index in [4.69, 9.17) is 10.2 Å². The van der Waals surface area contributed by atoms with Crippen molar-refractivity contribution in [3.05, 3.63) is 144 Å². The van der Waals surface area contributed by atoms with E-state index in [1.807, 2.05) is 72.8 Å². The number of hydrogen-bond acceptors (Lipinski definition) is 5. The first-order chi connectivity index (χ1) is 19.2. The van der Waals surface area contributed by atoms with Crippen LogP contribution in [0.2, 0.25) is 0 Å². The molecule has 0 radical (unpaired) electrons. The summed E-state index contributed by atoms with van der Waals surface area (Å²) in [6, 6.07) is 41.4. The van der Waals surface area contributed by atoms with E-state index in [0.29, 0.717) is 45.4 Å². The van der Waals surface area contributed by atoms with Gasteiger partial charge in [-0.2, -0.15) is 10.2 Å². The second-order valence-corrected chi connectivity index (χ2v) is 9.99. The summed E-state index contributed by atoms with van der Waals surface area (Å²) in [7, 11) is 0. The highest BCUT2D eigenvalue weighted by Crippen LogP contribution is 2.18. The van der Waals surface area contributed by atoms with Gasteiger partial charge in [0.15, 0.2) is 0 Å². The molecule has 0 atom stereocenters. The highest BCUT2D eigenvalue weighted by atomic mass is 16.1. The second-order valence-electron chi connectivity index (χ2n) is 9.99. The van der Waals surface area contributed by atoms with Gasteiger partial charge in [-0.1, -0.05) is 121 Å². The fourth-order valence-electron chi connectivity index (χ4n) is 4.85. The molecule has 5 nitrogen and oxygen atoms in total. The van der Waals surface area contributed by atoms with E-state index in [1.54, 1.807) is 0 Å². The molecule has 0 aromatic heterocycles. The Morgan fingerprint density at radius 1 is 0.436 bits per heavy atom. The molecule has 5 heteroatoms. The van der Waals surface area contributed by atoms with Gasteiger partial charge in [0.05, 0.1) is 37.6 Å². The summed E-state index contributed by atoms with van der Waals surface area (Å²) in [5.41, 5.74) is 6.49. The Morgan fingerprint density at radius 2 is 0.718 bits per heavy atom. The second kappa shape index (κ2) is 13.3. The molecule has 5 rings (SSSR count). The van der Waals surface area contributed by atoms with Crippen molar-refractivity contribution in [3.63, 3.8) is 0 Å². The van der Waals surface area contributed by atoms with Crippen molar-refractivity contribution in [2.24, 2.45) is 10.2 Å². The monoisotopic (exact) mass is 514 g/mol. The number of benzene rings is 4. The normalized spacial score (nSPS) is 15.4. The number of ketones is 1. The van der Waals surface area contributed by atoms with E-state index in [-0.39, 0.29) is 5.78 Å². The maximum atomic E-state index is 12.9. The van der Waals surface area contributed by atoms with Gasteiger partial charge in [0, 0.05) is 19.3 Å². The Balaban J connectivity index is 1.38. The first-order valence-corrected chi connectivity index (χ1v) is 13.5. The average Bonchev–Trinajstić information content (AvgIpc) is 2.95. The molecule has 4 aromatic rings. The Labute approximate surface area is 231 Å². The highest BCUT2D eigenvalue weighted by molar-refractivity contribution is 6.21. The number of carbonyl (C=O) groups excluding carboxylic acids is 1. The van der Waals surface area contributed by atoms with E-state index in [1.165, 1.54) is 22.3 Å². The molecular formula is C34H34N4O. The van der Waals surface area contributed by atoms with Crippen LogP contribution in [-0.2, 0) is 31.0 Å². The molecule has 1 aliphatic carbocycles. The van der Waals surface area contributed by atoms with Crippen LogP contribution in [0.5, 0.6) is 0 Å². The summed E-state index contributed by atoms with van der Waals surface area (Å²) < 4.78 is 0. The Bertz CT molecular complexity index is 1200. The standard InChI is InChI=1S/C34H34N4O/c39-34-22-32(35-37(24-28-13-5-1-6-14-28)25-29-15-7-2-8-16-29)21-33(23-34)36-38(26-30-17-9-3-10-18-30)27-31-19-11-4-12-20-31/h1-20H,21-27H2/b35-32-,36-33+. The van der Waals surface area contributed by atoms with Gasteiger partial charge in [-0.3, -0.25) is 14.8 Å². The van der Waals surface area contributed by atoms with Crippen LogP contribution >= 0.6 is 0 Å². The van der Waals surface area contributed by atoms with Crippen LogP contribution in [0.25, 0.3) is 0 Å². The number of Topliss-reactive ketones (excluding diaryl/α,β-unsaturated/α-hetero) is 1. The molecule has 1 saturated carbocycles. The van der Waals surface area contributed by atoms with E-state index in [0.717, 1.165) is 11.4 Å². The fourth-order valence-corrected chi connectivity index (χ4v) is 4.85. The maximum absolute atomic E-state index is 12.9. The zero-order valence-corrected chi connectivity index (χ0v) is 22.2. The summed E-state index contributed by atoms with van der Waals surface area (Å²) in [4.78, 5) is 12.9. The molecular weight excluding hydrogens is 480 g/mol. The quantitative estimate of drug-likeness (QED) is 0.217. The van der Waals surface area contributed by atoms with E-state index in [9.17, 15) is 4.79 Å². The Kier molecular flexibility index (Phi) is 8.93. The smallest absolute Gasteiger partial charge is 0.144 e. The minimum atomic E-state index is 0.164. The van der Waals surface area contributed by atoms with Crippen molar-refractivity contribution in [1.82, 2.24) is 10.0 Å². The molecule has 1 aliphatic rings. The van der Waals surface area contributed by atoms with Crippen LogP contribution in [0.4, 0.5) is 0 Å². The minimum Gasteiger partial charge on any atom is -0.299 e. The zero-order valence-electron chi connectivity index (χ0n) is 22.2. The first kappa shape index (κ1) is 26.1. The van der Waals surface area contributed by atoms with Gasteiger partial charge in [-0.25, -0.2) is 0 Å². The van der Waals surface area contributed by atoms with Crippen LogP contribution in [0.1, 0.15) is 41.5 Å². The van der Waals surface area contributed by atoms with E-state index in [2.05, 4.69) is 58.5 Å². The molecule has 0 saturated heterocycles. The number of hydrogen-bond donors (Lipinski definition) is 0. The summed E-state index contributed by atoms with van der Waals surface area (Å²) in [5, 5.41) is 14.2. The summed E-state index contributed by atoms with van der Waals surface area (Å²) >= 11 is 0. The Hall–Kier alpha value is -4.51. The lowest BCUT2D eigenvalue weighted by atomic mass is 9.95. The predicted octanol–water partition coefficient (Wildman–Crippen LogP) is 6.86. The van der Waals surface area contributed by atoms with Crippen molar-refractivity contribution in [2.45, 2.75) is 45.4 Å². The third-order valence-corrected chi connectivity index (χ3v) is 6.61. The molecule has 0 heterocycles. The van der Waals surface area contributed by atoms with Gasteiger partial charge in [0.2, 0.25) is 0 Å². The van der Waals surface area contributed by atoms with Gasteiger partial charge in [0.1, 0.15) is 5.78 Å². The van der Waals surface area contributed by atoms with E-state index < -0.39 is 0 Å². The van der Waals surface area contributed by atoms with Crippen LogP contribution in [0.15, 0.2) is 132 Å². The summed E-state index contributed by atoms with van der Waals surface area (Å²) in [6.45, 7) is 2.70. The molecule has 0 unspecified atom stereocenters. The number of nitrogens with zero attached hydrogens (tertiary/aromatic N) is 4. The molecule has 0 spiro atoms. The topological polar surface area (TPSA) is 48.3 Å². The fraction of sp³-hybridized carbons (Fsp3) is 0.206. The first-order valence-electron chi connectivity index (χ1n) is 13.5. The molecule has 0 N–H and O–H groups in total. The molecule has 0 amide bonds. The van der Waals surface area contributed by atoms with Crippen LogP contribution < -0.4 is 0 Å². The maximum Gasteiger partial charge on any atom is 0.144 e.